The third-order valence-electron chi connectivity index (χ3n) is 4.35. The Bertz CT molecular complexity index is 843. The zero-order chi connectivity index (χ0) is 18.2. The number of halogens is 4. The van der Waals surface area contributed by atoms with Gasteiger partial charge in [-0.05, 0) is 27.6 Å². The topological polar surface area (TPSA) is 29.1 Å². The number of hydrogen-bond acceptors (Lipinski definition) is 2. The average Bonchev–Trinajstić information content (AvgIpc) is 2.91. The van der Waals surface area contributed by atoms with Crippen molar-refractivity contribution >= 4 is 27.3 Å². The van der Waals surface area contributed by atoms with Crippen molar-refractivity contribution in [3.8, 4) is 0 Å². The van der Waals surface area contributed by atoms with E-state index in [1.807, 2.05) is 30.3 Å². The number of alkyl halides is 3. The summed E-state index contributed by atoms with van der Waals surface area (Å²) in [5, 5.41) is 2.98. The van der Waals surface area contributed by atoms with E-state index >= 15 is 0 Å². The van der Waals surface area contributed by atoms with E-state index < -0.39 is 11.7 Å². The summed E-state index contributed by atoms with van der Waals surface area (Å²) in [6.07, 6.45) is -4.05. The lowest BCUT2D eigenvalue weighted by Gasteiger charge is -2.14. The van der Waals surface area contributed by atoms with Crippen LogP contribution in [0.15, 0.2) is 58.7 Å². The quantitative estimate of drug-likeness (QED) is 0.758. The zero-order valence-electron chi connectivity index (χ0n) is 13.3. The lowest BCUT2D eigenvalue weighted by atomic mass is 9.92. The van der Waals surface area contributed by atoms with Crippen LogP contribution in [0.2, 0.25) is 0 Å². The van der Waals surface area contributed by atoms with Crippen LogP contribution in [-0.4, -0.2) is 12.8 Å². The molecule has 130 valence electrons. The van der Waals surface area contributed by atoms with Gasteiger partial charge in [0.2, 0.25) is 0 Å². The Morgan fingerprint density at radius 1 is 1.08 bits per heavy atom. The van der Waals surface area contributed by atoms with E-state index in [9.17, 15) is 18.0 Å². The first-order valence-corrected chi connectivity index (χ1v) is 8.50. The molecule has 0 radical (unpaired) electrons. The maximum Gasteiger partial charge on any atom is 0.417 e. The van der Waals surface area contributed by atoms with E-state index in [-0.39, 0.29) is 21.7 Å². The van der Waals surface area contributed by atoms with Gasteiger partial charge in [0.15, 0.2) is 5.78 Å². The van der Waals surface area contributed by atoms with Gasteiger partial charge in [-0.1, -0.05) is 42.5 Å². The largest absolute Gasteiger partial charge is 0.417 e. The van der Waals surface area contributed by atoms with Gasteiger partial charge in [0, 0.05) is 34.8 Å². The van der Waals surface area contributed by atoms with Crippen LogP contribution < -0.4 is 5.32 Å². The van der Waals surface area contributed by atoms with Gasteiger partial charge in [0.25, 0.3) is 0 Å². The molecule has 2 aromatic carbocycles. The Balaban J connectivity index is 2.09. The normalized spacial score (nSPS) is 18.0. The molecule has 0 saturated carbocycles. The molecule has 6 heteroatoms. The zero-order valence-corrected chi connectivity index (χ0v) is 14.9. The lowest BCUT2D eigenvalue weighted by Crippen LogP contribution is -2.11. The fraction of sp³-hybridized carbons (Fsp3) is 0.211. The number of benzene rings is 2. The van der Waals surface area contributed by atoms with Crippen LogP contribution in [0.25, 0.3) is 5.57 Å². The van der Waals surface area contributed by atoms with Gasteiger partial charge in [-0.15, -0.1) is 0 Å². The highest BCUT2D eigenvalue weighted by Gasteiger charge is 2.38. The highest BCUT2D eigenvalue weighted by molar-refractivity contribution is 9.10. The second kappa shape index (κ2) is 6.67. The van der Waals surface area contributed by atoms with Crippen LogP contribution in [0.1, 0.15) is 29.0 Å². The predicted molar refractivity (Wildman–Crippen MR) is 93.9 cm³/mol. The van der Waals surface area contributed by atoms with Crippen molar-refractivity contribution < 1.29 is 18.0 Å². The number of Topliss-reactive ketones (excluding diaryl/α,β-unsaturated/α-hetero) is 1. The van der Waals surface area contributed by atoms with E-state index in [1.165, 1.54) is 12.1 Å². The Morgan fingerprint density at radius 2 is 1.76 bits per heavy atom. The van der Waals surface area contributed by atoms with Crippen LogP contribution in [0.3, 0.4) is 0 Å². The molecule has 1 aliphatic rings. The molecule has 1 N–H and O–H groups in total. The van der Waals surface area contributed by atoms with Gasteiger partial charge in [-0.3, -0.25) is 4.79 Å². The molecule has 25 heavy (non-hydrogen) atoms. The van der Waals surface area contributed by atoms with Gasteiger partial charge >= 0.3 is 6.18 Å². The van der Waals surface area contributed by atoms with Crippen molar-refractivity contribution in [3.05, 3.63) is 75.4 Å². The first kappa shape index (κ1) is 17.7. The van der Waals surface area contributed by atoms with Gasteiger partial charge in [0.05, 0.1) is 11.5 Å². The summed E-state index contributed by atoms with van der Waals surface area (Å²) in [6.45, 7) is 0. The Kier molecular flexibility index (Phi) is 4.73. The molecule has 0 aromatic heterocycles. The van der Waals surface area contributed by atoms with Gasteiger partial charge in [0.1, 0.15) is 0 Å². The van der Waals surface area contributed by atoms with E-state index in [0.29, 0.717) is 17.7 Å². The number of carbonyl (C=O) groups is 1. The predicted octanol–water partition coefficient (Wildman–Crippen LogP) is 5.16. The molecule has 1 atom stereocenters. The van der Waals surface area contributed by atoms with Crippen molar-refractivity contribution in [1.82, 2.24) is 5.32 Å². The summed E-state index contributed by atoms with van der Waals surface area (Å²) in [5.41, 5.74) is 1.30. The third-order valence-corrected chi connectivity index (χ3v) is 5.20. The second-order valence-electron chi connectivity index (χ2n) is 5.80. The standard InChI is InChI=1S/C19H15BrF3NO/c1-24-15-10-13(11-6-3-2-4-7-11)18(25)16(15)12-8-5-9-14(17(12)20)19(21,22)23/h2-9,13,24H,10H2,1H3. The summed E-state index contributed by atoms with van der Waals surface area (Å²) < 4.78 is 39.5. The van der Waals surface area contributed by atoms with E-state index in [2.05, 4.69) is 21.2 Å². The van der Waals surface area contributed by atoms with Crippen molar-refractivity contribution in [2.24, 2.45) is 0 Å². The van der Waals surface area contributed by atoms with Crippen LogP contribution >= 0.6 is 15.9 Å². The molecule has 2 aromatic rings. The minimum absolute atomic E-state index is 0.104. The van der Waals surface area contributed by atoms with Gasteiger partial charge < -0.3 is 5.32 Å². The summed E-state index contributed by atoms with van der Waals surface area (Å²) in [5.74, 6) is -0.560. The average molecular weight is 410 g/mol. The molecule has 2 nitrogen and oxygen atoms in total. The summed E-state index contributed by atoms with van der Waals surface area (Å²) in [7, 11) is 1.68. The lowest BCUT2D eigenvalue weighted by molar-refractivity contribution is -0.138. The first-order valence-electron chi connectivity index (χ1n) is 7.70. The molecule has 0 bridgehead atoms. The first-order chi connectivity index (χ1) is 11.8. The molecule has 0 aliphatic heterocycles. The molecular weight excluding hydrogens is 395 g/mol. The van der Waals surface area contributed by atoms with Crippen molar-refractivity contribution in [2.75, 3.05) is 7.05 Å². The second-order valence-corrected chi connectivity index (χ2v) is 6.59. The molecule has 0 amide bonds. The highest BCUT2D eigenvalue weighted by atomic mass is 79.9. The summed E-state index contributed by atoms with van der Waals surface area (Å²) >= 11 is 3.05. The molecule has 0 heterocycles. The Labute approximate surface area is 151 Å². The number of allylic oxidation sites excluding steroid dienone is 2. The summed E-state index contributed by atoms with van der Waals surface area (Å²) in [6, 6.07) is 13.1. The molecular formula is C19H15BrF3NO. The number of hydrogen-bond donors (Lipinski definition) is 1. The molecule has 0 saturated heterocycles. The van der Waals surface area contributed by atoms with E-state index in [0.717, 1.165) is 11.6 Å². The fourth-order valence-corrected chi connectivity index (χ4v) is 3.83. The monoisotopic (exact) mass is 409 g/mol. The third kappa shape index (κ3) is 3.23. The molecule has 3 rings (SSSR count). The Morgan fingerprint density at radius 3 is 2.36 bits per heavy atom. The molecule has 1 aliphatic carbocycles. The van der Waals surface area contributed by atoms with Gasteiger partial charge in [-0.25, -0.2) is 0 Å². The van der Waals surface area contributed by atoms with E-state index in [1.54, 1.807) is 7.05 Å². The maximum atomic E-state index is 13.2. The van der Waals surface area contributed by atoms with E-state index in [4.69, 9.17) is 0 Å². The van der Waals surface area contributed by atoms with Crippen molar-refractivity contribution in [1.29, 1.82) is 0 Å². The maximum absolute atomic E-state index is 13.2. The fourth-order valence-electron chi connectivity index (χ4n) is 3.14. The molecule has 0 fully saturated rings. The van der Waals surface area contributed by atoms with Crippen LogP contribution in [0, 0.1) is 0 Å². The number of rotatable bonds is 3. The van der Waals surface area contributed by atoms with Gasteiger partial charge in [-0.2, -0.15) is 13.2 Å². The Hall–Kier alpha value is -2.08. The van der Waals surface area contributed by atoms with Crippen LogP contribution in [0.5, 0.6) is 0 Å². The van der Waals surface area contributed by atoms with Crippen LogP contribution in [0.4, 0.5) is 13.2 Å². The van der Waals surface area contributed by atoms with Crippen LogP contribution in [-0.2, 0) is 11.0 Å². The van der Waals surface area contributed by atoms with Crippen molar-refractivity contribution in [2.45, 2.75) is 18.5 Å². The highest BCUT2D eigenvalue weighted by Crippen LogP contribution is 2.44. The van der Waals surface area contributed by atoms with Crippen molar-refractivity contribution in [3.63, 3.8) is 0 Å². The molecule has 1 unspecified atom stereocenters. The molecule has 0 spiro atoms. The summed E-state index contributed by atoms with van der Waals surface area (Å²) in [4.78, 5) is 13.0. The number of carbonyl (C=O) groups excluding carboxylic acids is 1. The smallest absolute Gasteiger partial charge is 0.391 e. The number of ketones is 1. The minimum Gasteiger partial charge on any atom is -0.391 e. The SMILES string of the molecule is CNC1=C(c2cccc(C(F)(F)F)c2Br)C(=O)C(c2ccccc2)C1. The number of nitrogens with one attached hydrogen (secondary N) is 1. The minimum atomic E-state index is -4.49.